The summed E-state index contributed by atoms with van der Waals surface area (Å²) in [7, 11) is -4.67. The normalized spacial score (nSPS) is 11.4. The van der Waals surface area contributed by atoms with Crippen LogP contribution in [0.2, 0.25) is 0 Å². The van der Waals surface area contributed by atoms with Crippen LogP contribution in [0, 0.1) is 0 Å². The highest BCUT2D eigenvalue weighted by Gasteiger charge is 2.22. The van der Waals surface area contributed by atoms with E-state index in [4.69, 9.17) is 9.47 Å². The topological polar surface area (TPSA) is 131 Å². The van der Waals surface area contributed by atoms with Gasteiger partial charge in [0.25, 0.3) is 10.0 Å². The van der Waals surface area contributed by atoms with Gasteiger partial charge in [-0.15, -0.1) is 0 Å². The van der Waals surface area contributed by atoms with Crippen LogP contribution in [0.25, 0.3) is 0 Å². The summed E-state index contributed by atoms with van der Waals surface area (Å²) in [6.07, 6.45) is 0.995. The van der Waals surface area contributed by atoms with Gasteiger partial charge in [0, 0.05) is 17.4 Å². The van der Waals surface area contributed by atoms with Crippen molar-refractivity contribution >= 4 is 43.0 Å². The number of amides is 1. The molecule has 0 bridgehead atoms. The molecule has 0 aliphatic heterocycles. The molecule has 0 aliphatic rings. The van der Waals surface area contributed by atoms with Crippen molar-refractivity contribution in [1.29, 1.82) is 0 Å². The van der Waals surface area contributed by atoms with E-state index < -0.39 is 32.5 Å². The largest absolute Gasteiger partial charge is 0.497 e. The Morgan fingerprint density at radius 3 is 2.00 bits per heavy atom. The minimum atomic E-state index is -3.86. The first-order valence-corrected chi connectivity index (χ1v) is 13.5. The Kier molecular flexibility index (Phi) is 7.87. The number of hydrogen-bond acceptors (Lipinski definition) is 7. The van der Waals surface area contributed by atoms with Crippen molar-refractivity contribution in [1.82, 2.24) is 0 Å². The summed E-state index contributed by atoms with van der Waals surface area (Å²) >= 11 is 0. The van der Waals surface area contributed by atoms with Gasteiger partial charge in [0.15, 0.2) is 0 Å². The van der Waals surface area contributed by atoms with Crippen LogP contribution in [0.15, 0.2) is 77.7 Å². The van der Waals surface area contributed by atoms with Crippen LogP contribution in [-0.2, 0) is 24.8 Å². The Balaban J connectivity index is 1.70. The van der Waals surface area contributed by atoms with Gasteiger partial charge in [-0.05, 0) is 60.7 Å². The number of anilines is 3. The second-order valence-electron chi connectivity index (χ2n) is 7.38. The number of rotatable bonds is 10. The Morgan fingerprint density at radius 1 is 0.829 bits per heavy atom. The van der Waals surface area contributed by atoms with Gasteiger partial charge in [0.05, 0.1) is 31.1 Å². The number of carbonyl (C=O) groups is 1. The SMILES string of the molecule is COc1ccc(NS(=O)(=O)c2ccc(NC(=O)CN(c3cccc(OC)c3)S(C)(=O)=O)cc2)cc1. The molecule has 0 heterocycles. The predicted octanol–water partition coefficient (Wildman–Crippen LogP) is 2.91. The zero-order valence-corrected chi connectivity index (χ0v) is 20.9. The Labute approximate surface area is 204 Å². The molecule has 0 atom stereocenters. The molecule has 0 aromatic heterocycles. The number of methoxy groups -OCH3 is 2. The summed E-state index contributed by atoms with van der Waals surface area (Å²) in [5.74, 6) is 0.427. The van der Waals surface area contributed by atoms with E-state index >= 15 is 0 Å². The smallest absolute Gasteiger partial charge is 0.261 e. The third kappa shape index (κ3) is 6.87. The van der Waals surface area contributed by atoms with Crippen LogP contribution in [0.3, 0.4) is 0 Å². The van der Waals surface area contributed by atoms with Crippen molar-refractivity contribution in [2.45, 2.75) is 4.90 Å². The highest BCUT2D eigenvalue weighted by atomic mass is 32.2. The van der Waals surface area contributed by atoms with Crippen LogP contribution in [0.5, 0.6) is 11.5 Å². The van der Waals surface area contributed by atoms with Crippen molar-refractivity contribution in [2.24, 2.45) is 0 Å². The van der Waals surface area contributed by atoms with Crippen molar-refractivity contribution in [3.05, 3.63) is 72.8 Å². The summed E-state index contributed by atoms with van der Waals surface area (Å²) in [6.45, 7) is -0.481. The number of nitrogens with one attached hydrogen (secondary N) is 2. The van der Waals surface area contributed by atoms with E-state index in [1.54, 1.807) is 42.5 Å². The lowest BCUT2D eigenvalue weighted by molar-refractivity contribution is -0.114. The molecule has 186 valence electrons. The van der Waals surface area contributed by atoms with E-state index in [0.717, 1.165) is 10.6 Å². The molecule has 2 N–H and O–H groups in total. The average molecular weight is 520 g/mol. The fraction of sp³-hybridized carbons (Fsp3) is 0.174. The Hall–Kier alpha value is -3.77. The first-order chi connectivity index (χ1) is 16.5. The molecule has 0 fully saturated rings. The molecule has 10 nitrogen and oxygen atoms in total. The van der Waals surface area contributed by atoms with Gasteiger partial charge in [0.2, 0.25) is 15.9 Å². The zero-order chi connectivity index (χ0) is 25.6. The fourth-order valence-corrected chi connectivity index (χ4v) is 4.99. The summed E-state index contributed by atoms with van der Waals surface area (Å²) in [4.78, 5) is 12.6. The maximum absolute atomic E-state index is 12.6. The Bertz CT molecular complexity index is 1390. The van der Waals surface area contributed by atoms with Gasteiger partial charge in [-0.3, -0.25) is 13.8 Å². The molecule has 35 heavy (non-hydrogen) atoms. The number of nitrogens with zero attached hydrogens (tertiary/aromatic N) is 1. The number of ether oxygens (including phenoxy) is 2. The molecule has 0 aliphatic carbocycles. The number of sulfonamides is 2. The molecule has 0 saturated carbocycles. The van der Waals surface area contributed by atoms with E-state index in [9.17, 15) is 21.6 Å². The molecule has 3 aromatic rings. The van der Waals surface area contributed by atoms with Gasteiger partial charge < -0.3 is 14.8 Å². The lowest BCUT2D eigenvalue weighted by Crippen LogP contribution is -2.37. The molecule has 3 rings (SSSR count). The minimum Gasteiger partial charge on any atom is -0.497 e. The molecule has 0 spiro atoms. The number of hydrogen-bond donors (Lipinski definition) is 2. The third-order valence-electron chi connectivity index (χ3n) is 4.82. The highest BCUT2D eigenvalue weighted by Crippen LogP contribution is 2.24. The van der Waals surface area contributed by atoms with Gasteiger partial charge >= 0.3 is 0 Å². The number of benzene rings is 3. The second-order valence-corrected chi connectivity index (χ2v) is 11.0. The molecule has 12 heteroatoms. The van der Waals surface area contributed by atoms with Crippen molar-refractivity contribution in [3.63, 3.8) is 0 Å². The molecular formula is C23H25N3O7S2. The van der Waals surface area contributed by atoms with Crippen LogP contribution in [0.1, 0.15) is 0 Å². The number of carbonyl (C=O) groups excluding carboxylic acids is 1. The second kappa shape index (κ2) is 10.7. The van der Waals surface area contributed by atoms with Crippen LogP contribution in [-0.4, -0.2) is 49.8 Å². The third-order valence-corrected chi connectivity index (χ3v) is 7.36. The van der Waals surface area contributed by atoms with E-state index in [1.807, 2.05) is 0 Å². The summed E-state index contributed by atoms with van der Waals surface area (Å²) in [5.41, 5.74) is 0.937. The summed E-state index contributed by atoms with van der Waals surface area (Å²) < 4.78 is 63.4. The molecule has 0 radical (unpaired) electrons. The molecule has 3 aromatic carbocycles. The molecular weight excluding hydrogens is 494 g/mol. The van der Waals surface area contributed by atoms with Crippen molar-refractivity contribution in [2.75, 3.05) is 41.4 Å². The van der Waals surface area contributed by atoms with Gasteiger partial charge in [-0.1, -0.05) is 6.07 Å². The van der Waals surface area contributed by atoms with E-state index in [1.165, 1.54) is 44.6 Å². The van der Waals surface area contributed by atoms with Crippen molar-refractivity contribution < 1.29 is 31.1 Å². The maximum atomic E-state index is 12.6. The van der Waals surface area contributed by atoms with E-state index in [-0.39, 0.29) is 10.6 Å². The van der Waals surface area contributed by atoms with E-state index in [0.29, 0.717) is 22.9 Å². The predicted molar refractivity (Wildman–Crippen MR) is 134 cm³/mol. The fourth-order valence-electron chi connectivity index (χ4n) is 3.09. The minimum absolute atomic E-state index is 0.0135. The van der Waals surface area contributed by atoms with Gasteiger partial charge in [-0.25, -0.2) is 16.8 Å². The van der Waals surface area contributed by atoms with E-state index in [2.05, 4.69) is 10.0 Å². The van der Waals surface area contributed by atoms with Crippen LogP contribution < -0.4 is 23.8 Å². The molecule has 0 unspecified atom stereocenters. The van der Waals surface area contributed by atoms with Crippen LogP contribution in [0.4, 0.5) is 17.1 Å². The van der Waals surface area contributed by atoms with Crippen LogP contribution >= 0.6 is 0 Å². The summed E-state index contributed by atoms with van der Waals surface area (Å²) in [5, 5.41) is 2.58. The quantitative estimate of drug-likeness (QED) is 0.421. The average Bonchev–Trinajstić information content (AvgIpc) is 2.82. The zero-order valence-electron chi connectivity index (χ0n) is 19.3. The first-order valence-electron chi connectivity index (χ1n) is 10.2. The van der Waals surface area contributed by atoms with Crippen molar-refractivity contribution in [3.8, 4) is 11.5 Å². The first kappa shape index (κ1) is 25.8. The highest BCUT2D eigenvalue weighted by molar-refractivity contribution is 7.92. The van der Waals surface area contributed by atoms with Gasteiger partial charge in [0.1, 0.15) is 18.0 Å². The molecule has 0 saturated heterocycles. The maximum Gasteiger partial charge on any atom is 0.261 e. The van der Waals surface area contributed by atoms with Gasteiger partial charge in [-0.2, -0.15) is 0 Å². The standard InChI is InChI=1S/C23H25N3O7S2/c1-32-20-11-7-18(8-12-20)25-35(30,31)22-13-9-17(10-14-22)24-23(27)16-26(34(3,28)29)19-5-4-6-21(15-19)33-2/h4-15,25H,16H2,1-3H3,(H,24,27). The Morgan fingerprint density at radius 2 is 1.43 bits per heavy atom. The summed E-state index contributed by atoms with van der Waals surface area (Å²) in [6, 6.07) is 18.2. The lowest BCUT2D eigenvalue weighted by Gasteiger charge is -2.22. The lowest BCUT2D eigenvalue weighted by atomic mass is 10.3. The molecule has 1 amide bonds. The monoisotopic (exact) mass is 519 g/mol.